The number of benzene rings is 1. The van der Waals surface area contributed by atoms with Gasteiger partial charge in [0.15, 0.2) is 0 Å². The molecular weight excluding hydrogens is 290 g/mol. The molecular formula is C15H21NO4S. The minimum Gasteiger partial charge on any atom is -0.481 e. The zero-order valence-electron chi connectivity index (χ0n) is 12.6. The van der Waals surface area contributed by atoms with Crippen molar-refractivity contribution >= 4 is 16.0 Å². The maximum atomic E-state index is 12.7. The second kappa shape index (κ2) is 5.42. The first kappa shape index (κ1) is 16.0. The maximum Gasteiger partial charge on any atom is 0.309 e. The first-order valence-corrected chi connectivity index (χ1v) is 8.42. The van der Waals surface area contributed by atoms with Crippen molar-refractivity contribution in [2.24, 2.45) is 5.41 Å². The lowest BCUT2D eigenvalue weighted by molar-refractivity contribution is -0.150. The molecule has 0 aliphatic carbocycles. The van der Waals surface area contributed by atoms with E-state index in [0.717, 1.165) is 5.56 Å². The number of carboxylic acid groups (broad SMARTS) is 1. The molecule has 1 N–H and O–H groups in total. The highest BCUT2D eigenvalue weighted by Gasteiger charge is 2.40. The highest BCUT2D eigenvalue weighted by Crippen LogP contribution is 2.34. The smallest absolute Gasteiger partial charge is 0.309 e. The number of piperidine rings is 1. The quantitative estimate of drug-likeness (QED) is 0.928. The van der Waals surface area contributed by atoms with Crippen LogP contribution in [0.25, 0.3) is 0 Å². The molecule has 21 heavy (non-hydrogen) atoms. The second-order valence-corrected chi connectivity index (χ2v) is 7.95. The largest absolute Gasteiger partial charge is 0.481 e. The Labute approximate surface area is 125 Å². The summed E-state index contributed by atoms with van der Waals surface area (Å²) in [7, 11) is -3.55. The molecule has 1 aromatic carbocycles. The van der Waals surface area contributed by atoms with Gasteiger partial charge in [0, 0.05) is 13.1 Å². The molecule has 1 aromatic rings. The van der Waals surface area contributed by atoms with Crippen molar-refractivity contribution < 1.29 is 18.3 Å². The third-order valence-corrected chi connectivity index (χ3v) is 6.34. The van der Waals surface area contributed by atoms with E-state index in [1.54, 1.807) is 26.0 Å². The Hall–Kier alpha value is -1.40. The average molecular weight is 311 g/mol. The van der Waals surface area contributed by atoms with Crippen molar-refractivity contribution in [3.63, 3.8) is 0 Å². The van der Waals surface area contributed by atoms with Crippen LogP contribution in [0.5, 0.6) is 0 Å². The summed E-state index contributed by atoms with van der Waals surface area (Å²) < 4.78 is 26.8. The molecule has 1 fully saturated rings. The van der Waals surface area contributed by atoms with Crippen LogP contribution < -0.4 is 0 Å². The summed E-state index contributed by atoms with van der Waals surface area (Å²) in [5.74, 6) is -0.855. The van der Waals surface area contributed by atoms with Gasteiger partial charge in [-0.3, -0.25) is 4.79 Å². The number of aliphatic carboxylic acids is 1. The van der Waals surface area contributed by atoms with E-state index in [1.165, 1.54) is 4.31 Å². The molecule has 0 amide bonds. The minimum absolute atomic E-state index is 0.249. The normalized spacial score (nSPS) is 19.4. The number of carboxylic acids is 1. The number of carbonyl (C=O) groups is 1. The molecule has 1 aliphatic rings. The van der Waals surface area contributed by atoms with E-state index in [4.69, 9.17) is 0 Å². The Morgan fingerprint density at radius 3 is 2.33 bits per heavy atom. The Kier molecular flexibility index (Phi) is 4.13. The van der Waals surface area contributed by atoms with Crippen molar-refractivity contribution in [1.29, 1.82) is 0 Å². The second-order valence-electron chi connectivity index (χ2n) is 6.04. The van der Waals surface area contributed by atoms with Crippen LogP contribution in [0.2, 0.25) is 0 Å². The number of nitrogens with zero attached hydrogens (tertiary/aromatic N) is 1. The molecule has 1 aliphatic heterocycles. The van der Waals surface area contributed by atoms with Crippen LogP contribution in [-0.2, 0) is 14.8 Å². The third kappa shape index (κ3) is 2.96. The Morgan fingerprint density at radius 2 is 1.81 bits per heavy atom. The summed E-state index contributed by atoms with van der Waals surface area (Å²) in [5, 5.41) is 9.22. The molecule has 2 rings (SSSR count). The van der Waals surface area contributed by atoms with E-state index < -0.39 is 21.4 Å². The van der Waals surface area contributed by atoms with Gasteiger partial charge in [-0.1, -0.05) is 12.1 Å². The third-order valence-electron chi connectivity index (χ3n) is 4.30. The van der Waals surface area contributed by atoms with Crippen molar-refractivity contribution in [2.45, 2.75) is 38.5 Å². The van der Waals surface area contributed by atoms with Gasteiger partial charge in [0.25, 0.3) is 0 Å². The van der Waals surface area contributed by atoms with Gasteiger partial charge in [-0.2, -0.15) is 4.31 Å². The van der Waals surface area contributed by atoms with Crippen LogP contribution in [0.3, 0.4) is 0 Å². The molecule has 0 radical (unpaired) electrons. The fourth-order valence-electron chi connectivity index (χ4n) is 2.56. The molecule has 116 valence electrons. The van der Waals surface area contributed by atoms with Gasteiger partial charge in [0.1, 0.15) is 0 Å². The summed E-state index contributed by atoms with van der Waals surface area (Å²) in [6.07, 6.45) is 0.679. The fraction of sp³-hybridized carbons (Fsp3) is 0.533. The van der Waals surface area contributed by atoms with Gasteiger partial charge in [-0.15, -0.1) is 0 Å². The van der Waals surface area contributed by atoms with Crippen molar-refractivity contribution in [1.82, 2.24) is 4.31 Å². The molecule has 6 heteroatoms. The topological polar surface area (TPSA) is 74.7 Å². The minimum atomic E-state index is -3.55. The Balaban J connectivity index is 2.27. The first-order chi connectivity index (χ1) is 9.67. The molecule has 1 heterocycles. The van der Waals surface area contributed by atoms with Gasteiger partial charge >= 0.3 is 5.97 Å². The molecule has 5 nitrogen and oxygen atoms in total. The lowest BCUT2D eigenvalue weighted by atomic mass is 9.81. The van der Waals surface area contributed by atoms with E-state index in [9.17, 15) is 18.3 Å². The molecule has 0 spiro atoms. The van der Waals surface area contributed by atoms with Crippen LogP contribution in [0.4, 0.5) is 0 Å². The Bertz CT molecular complexity index is 658. The zero-order valence-corrected chi connectivity index (χ0v) is 13.4. The lowest BCUT2D eigenvalue weighted by Gasteiger charge is -2.35. The molecule has 1 saturated heterocycles. The summed E-state index contributed by atoms with van der Waals surface area (Å²) in [6.45, 7) is 5.81. The molecule has 0 saturated carbocycles. The van der Waals surface area contributed by atoms with Crippen LogP contribution in [0.15, 0.2) is 23.1 Å². The van der Waals surface area contributed by atoms with Gasteiger partial charge in [-0.25, -0.2) is 8.42 Å². The van der Waals surface area contributed by atoms with E-state index in [0.29, 0.717) is 23.3 Å². The summed E-state index contributed by atoms with van der Waals surface area (Å²) in [4.78, 5) is 11.6. The molecule has 0 atom stereocenters. The number of hydrogen-bond acceptors (Lipinski definition) is 3. The fourth-order valence-corrected chi connectivity index (χ4v) is 4.31. The van der Waals surface area contributed by atoms with Crippen molar-refractivity contribution in [2.75, 3.05) is 13.1 Å². The predicted octanol–water partition coefficient (Wildman–Crippen LogP) is 2.18. The monoisotopic (exact) mass is 311 g/mol. The van der Waals surface area contributed by atoms with E-state index in [-0.39, 0.29) is 13.1 Å². The van der Waals surface area contributed by atoms with Crippen LogP contribution in [0.1, 0.15) is 30.9 Å². The molecule has 0 aromatic heterocycles. The molecule has 0 bridgehead atoms. The number of sulfonamides is 1. The van der Waals surface area contributed by atoms with E-state index in [1.807, 2.05) is 13.0 Å². The molecule has 0 unspecified atom stereocenters. The van der Waals surface area contributed by atoms with E-state index in [2.05, 4.69) is 0 Å². The summed E-state index contributed by atoms with van der Waals surface area (Å²) >= 11 is 0. The first-order valence-electron chi connectivity index (χ1n) is 6.98. The zero-order chi connectivity index (χ0) is 15.8. The van der Waals surface area contributed by atoms with Gasteiger partial charge in [0.2, 0.25) is 10.0 Å². The number of aryl methyl sites for hydroxylation is 2. The van der Waals surface area contributed by atoms with Gasteiger partial charge in [-0.05, 0) is 50.8 Å². The van der Waals surface area contributed by atoms with E-state index >= 15 is 0 Å². The van der Waals surface area contributed by atoms with Gasteiger partial charge < -0.3 is 5.11 Å². The number of hydrogen-bond donors (Lipinski definition) is 1. The number of rotatable bonds is 3. The lowest BCUT2D eigenvalue weighted by Crippen LogP contribution is -2.45. The maximum absolute atomic E-state index is 12.7. The van der Waals surface area contributed by atoms with Crippen molar-refractivity contribution in [3.8, 4) is 0 Å². The predicted molar refractivity (Wildman–Crippen MR) is 79.7 cm³/mol. The summed E-state index contributed by atoms with van der Waals surface area (Å²) in [5.41, 5.74) is 0.784. The van der Waals surface area contributed by atoms with Gasteiger partial charge in [0.05, 0.1) is 10.3 Å². The van der Waals surface area contributed by atoms with Crippen LogP contribution >= 0.6 is 0 Å². The van der Waals surface area contributed by atoms with Crippen molar-refractivity contribution in [3.05, 3.63) is 29.3 Å². The summed E-state index contributed by atoms with van der Waals surface area (Å²) in [6, 6.07) is 5.36. The highest BCUT2D eigenvalue weighted by atomic mass is 32.2. The SMILES string of the molecule is Cc1ccc(C)c(S(=O)(=O)N2CCC(C)(C(=O)O)CC2)c1. The standard InChI is InChI=1S/C15H21NO4S/c1-11-4-5-12(2)13(10-11)21(19,20)16-8-6-15(3,7-9-16)14(17)18/h4-5,10H,6-9H2,1-3H3,(H,17,18). The van der Waals surface area contributed by atoms with Crippen LogP contribution in [0, 0.1) is 19.3 Å². The Morgan fingerprint density at radius 1 is 1.24 bits per heavy atom. The van der Waals surface area contributed by atoms with Crippen LogP contribution in [-0.4, -0.2) is 36.9 Å². The highest BCUT2D eigenvalue weighted by molar-refractivity contribution is 7.89. The average Bonchev–Trinajstić information content (AvgIpc) is 2.41.